The molecule has 0 saturated heterocycles. The highest BCUT2D eigenvalue weighted by molar-refractivity contribution is 7.80. The molecule has 0 bridgehead atoms. The van der Waals surface area contributed by atoms with E-state index in [0.29, 0.717) is 0 Å². The van der Waals surface area contributed by atoms with E-state index in [4.69, 9.17) is 28.6 Å². The van der Waals surface area contributed by atoms with Crippen LogP contribution in [0, 0.1) is 5.82 Å². The molecule has 0 fully saturated rings. The number of ether oxygens (including phenoxy) is 1. The van der Waals surface area contributed by atoms with Crippen LogP contribution in [-0.4, -0.2) is 12.2 Å². The fourth-order valence-electron chi connectivity index (χ4n) is 1.56. The van der Waals surface area contributed by atoms with Gasteiger partial charge in [0.1, 0.15) is 5.75 Å². The van der Waals surface area contributed by atoms with E-state index in [2.05, 4.69) is 10.6 Å². The zero-order chi connectivity index (χ0) is 14.5. The van der Waals surface area contributed by atoms with Gasteiger partial charge in [-0.05, 0) is 48.6 Å². The molecular weight excluding hydrogens is 299 g/mol. The van der Waals surface area contributed by atoms with Crippen LogP contribution in [0.2, 0.25) is 5.02 Å². The summed E-state index contributed by atoms with van der Waals surface area (Å²) in [7, 11) is 1.59. The van der Waals surface area contributed by atoms with E-state index < -0.39 is 5.82 Å². The number of benzene rings is 2. The minimum Gasteiger partial charge on any atom is -0.497 e. The van der Waals surface area contributed by atoms with Gasteiger partial charge in [0.2, 0.25) is 0 Å². The number of halogens is 2. The Balaban J connectivity index is 2.03. The van der Waals surface area contributed by atoms with Crippen LogP contribution in [0.5, 0.6) is 5.75 Å². The maximum atomic E-state index is 13.7. The topological polar surface area (TPSA) is 33.3 Å². The van der Waals surface area contributed by atoms with Gasteiger partial charge in [-0.2, -0.15) is 0 Å². The Hall–Kier alpha value is -1.85. The SMILES string of the molecule is COc1ccc(NC(=S)Nc2cccc(Cl)c2F)cc1. The summed E-state index contributed by atoms with van der Waals surface area (Å²) in [5.74, 6) is 0.211. The Kier molecular flexibility index (Phi) is 4.76. The first kappa shape index (κ1) is 14.6. The molecular formula is C14H12ClFN2OS. The largest absolute Gasteiger partial charge is 0.497 e. The first-order valence-electron chi connectivity index (χ1n) is 5.76. The summed E-state index contributed by atoms with van der Waals surface area (Å²) < 4.78 is 18.8. The summed E-state index contributed by atoms with van der Waals surface area (Å²) in [6.07, 6.45) is 0. The maximum absolute atomic E-state index is 13.7. The van der Waals surface area contributed by atoms with Crippen molar-refractivity contribution in [3.8, 4) is 5.75 Å². The van der Waals surface area contributed by atoms with Gasteiger partial charge in [0.15, 0.2) is 10.9 Å². The van der Waals surface area contributed by atoms with Crippen molar-refractivity contribution < 1.29 is 9.13 Å². The number of anilines is 2. The smallest absolute Gasteiger partial charge is 0.175 e. The second kappa shape index (κ2) is 6.54. The molecule has 0 saturated carbocycles. The highest BCUT2D eigenvalue weighted by atomic mass is 35.5. The van der Waals surface area contributed by atoms with Crippen LogP contribution in [0.3, 0.4) is 0 Å². The monoisotopic (exact) mass is 310 g/mol. The Morgan fingerprint density at radius 3 is 2.50 bits per heavy atom. The molecule has 0 radical (unpaired) electrons. The molecule has 2 aromatic carbocycles. The van der Waals surface area contributed by atoms with Gasteiger partial charge < -0.3 is 15.4 Å². The summed E-state index contributed by atoms with van der Waals surface area (Å²) in [5, 5.41) is 6.02. The molecule has 0 unspecified atom stereocenters. The molecule has 0 aliphatic heterocycles. The molecule has 2 rings (SSSR count). The number of methoxy groups -OCH3 is 1. The lowest BCUT2D eigenvalue weighted by Gasteiger charge is -2.12. The van der Waals surface area contributed by atoms with E-state index >= 15 is 0 Å². The Morgan fingerprint density at radius 1 is 1.15 bits per heavy atom. The van der Waals surface area contributed by atoms with Crippen molar-refractivity contribution in [2.45, 2.75) is 0 Å². The Bertz CT molecular complexity index is 619. The molecule has 20 heavy (non-hydrogen) atoms. The fraction of sp³-hybridized carbons (Fsp3) is 0.0714. The van der Waals surface area contributed by atoms with Crippen LogP contribution >= 0.6 is 23.8 Å². The molecule has 2 aromatic rings. The number of thiocarbonyl (C=S) groups is 1. The predicted molar refractivity (Wildman–Crippen MR) is 84.2 cm³/mol. The summed E-state index contributed by atoms with van der Waals surface area (Å²) in [6.45, 7) is 0. The Morgan fingerprint density at radius 2 is 1.85 bits per heavy atom. The molecule has 0 heterocycles. The minimum absolute atomic E-state index is 0.0437. The fourth-order valence-corrected chi connectivity index (χ4v) is 1.96. The molecule has 3 nitrogen and oxygen atoms in total. The quantitative estimate of drug-likeness (QED) is 0.828. The number of hydrogen-bond donors (Lipinski definition) is 2. The van der Waals surface area contributed by atoms with Gasteiger partial charge in [0.05, 0.1) is 17.8 Å². The zero-order valence-corrected chi connectivity index (χ0v) is 12.2. The van der Waals surface area contributed by atoms with Crippen molar-refractivity contribution in [1.82, 2.24) is 0 Å². The average Bonchev–Trinajstić information content (AvgIpc) is 2.45. The van der Waals surface area contributed by atoms with Crippen molar-refractivity contribution in [3.05, 3.63) is 53.3 Å². The molecule has 0 aliphatic rings. The van der Waals surface area contributed by atoms with E-state index in [1.807, 2.05) is 0 Å². The zero-order valence-electron chi connectivity index (χ0n) is 10.6. The standard InChI is InChI=1S/C14H12ClFN2OS/c1-19-10-7-5-9(6-8-10)17-14(20)18-12-4-2-3-11(15)13(12)16/h2-8H,1H3,(H2,17,18,20). The summed E-state index contributed by atoms with van der Waals surface area (Å²) in [4.78, 5) is 0. The lowest BCUT2D eigenvalue weighted by molar-refractivity contribution is 0.415. The molecule has 2 N–H and O–H groups in total. The first-order chi connectivity index (χ1) is 9.60. The second-order valence-corrected chi connectivity index (χ2v) is 4.72. The average molecular weight is 311 g/mol. The van der Waals surface area contributed by atoms with E-state index in [-0.39, 0.29) is 15.8 Å². The van der Waals surface area contributed by atoms with Crippen molar-refractivity contribution in [2.75, 3.05) is 17.7 Å². The Labute approximate surface area is 126 Å². The first-order valence-corrected chi connectivity index (χ1v) is 6.55. The summed E-state index contributed by atoms with van der Waals surface area (Å²) in [5.41, 5.74) is 0.995. The van der Waals surface area contributed by atoms with Gasteiger partial charge in [0, 0.05) is 5.69 Å². The van der Waals surface area contributed by atoms with Gasteiger partial charge in [-0.25, -0.2) is 4.39 Å². The maximum Gasteiger partial charge on any atom is 0.175 e. The van der Waals surface area contributed by atoms with Crippen LogP contribution in [0.15, 0.2) is 42.5 Å². The normalized spacial score (nSPS) is 9.95. The number of hydrogen-bond acceptors (Lipinski definition) is 2. The van der Waals surface area contributed by atoms with E-state index in [9.17, 15) is 4.39 Å². The van der Waals surface area contributed by atoms with Crippen LogP contribution < -0.4 is 15.4 Å². The van der Waals surface area contributed by atoms with Gasteiger partial charge in [-0.1, -0.05) is 17.7 Å². The molecule has 6 heteroatoms. The molecule has 104 valence electrons. The van der Waals surface area contributed by atoms with Crippen LogP contribution in [0.4, 0.5) is 15.8 Å². The molecule has 0 amide bonds. The predicted octanol–water partition coefficient (Wildman–Crippen LogP) is 4.30. The molecule has 0 aliphatic carbocycles. The van der Waals surface area contributed by atoms with Gasteiger partial charge in [-0.15, -0.1) is 0 Å². The third-order valence-electron chi connectivity index (χ3n) is 2.55. The van der Waals surface area contributed by atoms with Gasteiger partial charge in [-0.3, -0.25) is 0 Å². The highest BCUT2D eigenvalue weighted by Gasteiger charge is 2.07. The third-order valence-corrected chi connectivity index (χ3v) is 3.04. The second-order valence-electron chi connectivity index (χ2n) is 3.91. The van der Waals surface area contributed by atoms with Crippen molar-refractivity contribution in [1.29, 1.82) is 0 Å². The van der Waals surface area contributed by atoms with Crippen LogP contribution in [0.25, 0.3) is 0 Å². The van der Waals surface area contributed by atoms with E-state index in [1.165, 1.54) is 6.07 Å². The molecule has 0 spiro atoms. The summed E-state index contributed by atoms with van der Waals surface area (Å²) >= 11 is 10.8. The van der Waals surface area contributed by atoms with E-state index in [1.54, 1.807) is 43.5 Å². The molecule has 0 atom stereocenters. The summed E-state index contributed by atoms with van der Waals surface area (Å²) in [6, 6.07) is 11.9. The lowest BCUT2D eigenvalue weighted by atomic mass is 10.3. The van der Waals surface area contributed by atoms with Crippen molar-refractivity contribution >= 4 is 40.3 Å². The van der Waals surface area contributed by atoms with Gasteiger partial charge in [0.25, 0.3) is 0 Å². The van der Waals surface area contributed by atoms with Crippen LogP contribution in [0.1, 0.15) is 0 Å². The number of nitrogens with one attached hydrogen (secondary N) is 2. The van der Waals surface area contributed by atoms with Crippen molar-refractivity contribution in [3.63, 3.8) is 0 Å². The van der Waals surface area contributed by atoms with Gasteiger partial charge >= 0.3 is 0 Å². The van der Waals surface area contributed by atoms with Crippen LogP contribution in [-0.2, 0) is 0 Å². The number of rotatable bonds is 3. The van der Waals surface area contributed by atoms with Crippen molar-refractivity contribution in [2.24, 2.45) is 0 Å². The minimum atomic E-state index is -0.534. The lowest BCUT2D eigenvalue weighted by Crippen LogP contribution is -2.19. The highest BCUT2D eigenvalue weighted by Crippen LogP contribution is 2.22. The van der Waals surface area contributed by atoms with E-state index in [0.717, 1.165) is 11.4 Å². The third kappa shape index (κ3) is 3.59. The molecule has 0 aromatic heterocycles.